The van der Waals surface area contributed by atoms with E-state index in [1.165, 1.54) is 12.1 Å². The molecule has 4 rings (SSSR count). The Balaban J connectivity index is 1.47. The van der Waals surface area contributed by atoms with Crippen molar-refractivity contribution in [3.05, 3.63) is 95.8 Å². The molecule has 0 radical (unpaired) electrons. The van der Waals surface area contributed by atoms with E-state index in [-0.39, 0.29) is 23.8 Å². The van der Waals surface area contributed by atoms with Crippen LogP contribution in [0.5, 0.6) is 0 Å². The van der Waals surface area contributed by atoms with Crippen LogP contribution in [0.25, 0.3) is 11.1 Å². The fraction of sp³-hybridized carbons (Fsp3) is 0.208. The second-order valence-electron chi connectivity index (χ2n) is 7.04. The lowest BCUT2D eigenvalue weighted by atomic mass is 9.87. The fourth-order valence-corrected chi connectivity index (χ4v) is 3.68. The monoisotopic (exact) mass is 375 g/mol. The first kappa shape index (κ1) is 18.4. The summed E-state index contributed by atoms with van der Waals surface area (Å²) in [6.45, 7) is 1.44. The quantitative estimate of drug-likeness (QED) is 0.666. The predicted molar refractivity (Wildman–Crippen MR) is 108 cm³/mol. The number of hydrogen-bond donors (Lipinski definition) is 1. The van der Waals surface area contributed by atoms with E-state index in [0.717, 1.165) is 29.7 Å². The minimum atomic E-state index is -0.333. The van der Waals surface area contributed by atoms with Crippen LogP contribution in [0.15, 0.2) is 78.9 Å². The number of rotatable bonds is 4. The molecule has 1 saturated heterocycles. The maximum Gasteiger partial charge on any atom is 0.338 e. The van der Waals surface area contributed by atoms with E-state index >= 15 is 0 Å². The van der Waals surface area contributed by atoms with Crippen LogP contribution in [-0.4, -0.2) is 25.2 Å². The van der Waals surface area contributed by atoms with Crippen molar-refractivity contribution in [2.45, 2.75) is 18.4 Å². The van der Waals surface area contributed by atoms with Crippen molar-refractivity contribution >= 4 is 5.97 Å². The summed E-state index contributed by atoms with van der Waals surface area (Å²) in [5.74, 6) is -0.528. The third-order valence-electron chi connectivity index (χ3n) is 5.21. The minimum absolute atomic E-state index is 0.0643. The Morgan fingerprint density at radius 1 is 0.893 bits per heavy atom. The lowest BCUT2D eigenvalue weighted by Crippen LogP contribution is -2.42. The van der Waals surface area contributed by atoms with Crippen LogP contribution in [-0.2, 0) is 4.74 Å². The molecule has 0 aliphatic carbocycles. The van der Waals surface area contributed by atoms with Crippen LogP contribution in [0.1, 0.15) is 28.3 Å². The minimum Gasteiger partial charge on any atom is -0.457 e. The molecular formula is C24H22FNO2. The molecule has 142 valence electrons. The molecule has 28 heavy (non-hydrogen) atoms. The van der Waals surface area contributed by atoms with Gasteiger partial charge in [-0.05, 0) is 53.9 Å². The number of nitrogens with one attached hydrogen (secondary N) is 1. The first-order valence-electron chi connectivity index (χ1n) is 9.53. The van der Waals surface area contributed by atoms with Crippen LogP contribution < -0.4 is 5.32 Å². The summed E-state index contributed by atoms with van der Waals surface area (Å²) >= 11 is 0. The number of hydrogen-bond acceptors (Lipinski definition) is 3. The summed E-state index contributed by atoms with van der Waals surface area (Å²) in [6, 6.07) is 24.0. The fourth-order valence-electron chi connectivity index (χ4n) is 3.68. The molecule has 4 heteroatoms. The molecule has 0 saturated carbocycles. The van der Waals surface area contributed by atoms with Gasteiger partial charge in [-0.3, -0.25) is 0 Å². The van der Waals surface area contributed by atoms with Crippen LogP contribution in [0.3, 0.4) is 0 Å². The highest BCUT2D eigenvalue weighted by Gasteiger charge is 2.30. The summed E-state index contributed by atoms with van der Waals surface area (Å²) in [6.07, 6.45) is 0.566. The number of benzene rings is 3. The average Bonchev–Trinajstić information content (AvgIpc) is 2.75. The zero-order chi connectivity index (χ0) is 19.3. The summed E-state index contributed by atoms with van der Waals surface area (Å²) in [5, 5.41) is 3.28. The zero-order valence-electron chi connectivity index (χ0n) is 15.5. The van der Waals surface area contributed by atoms with Crippen LogP contribution >= 0.6 is 0 Å². The van der Waals surface area contributed by atoms with Crippen molar-refractivity contribution < 1.29 is 13.9 Å². The Morgan fingerprint density at radius 2 is 1.57 bits per heavy atom. The molecule has 3 aromatic carbocycles. The Bertz CT molecular complexity index is 923. The molecule has 1 unspecified atom stereocenters. The van der Waals surface area contributed by atoms with E-state index in [4.69, 9.17) is 4.74 Å². The summed E-state index contributed by atoms with van der Waals surface area (Å²) in [5.41, 5.74) is 3.69. The van der Waals surface area contributed by atoms with Gasteiger partial charge in [-0.2, -0.15) is 0 Å². The van der Waals surface area contributed by atoms with Crippen molar-refractivity contribution in [2.75, 3.05) is 13.1 Å². The van der Waals surface area contributed by atoms with Gasteiger partial charge in [-0.1, -0.05) is 54.6 Å². The molecule has 2 atom stereocenters. The second-order valence-corrected chi connectivity index (χ2v) is 7.04. The van der Waals surface area contributed by atoms with E-state index in [9.17, 15) is 9.18 Å². The second kappa shape index (κ2) is 8.36. The summed E-state index contributed by atoms with van der Waals surface area (Å²) in [7, 11) is 0. The first-order valence-corrected chi connectivity index (χ1v) is 9.53. The highest BCUT2D eigenvalue weighted by molar-refractivity contribution is 5.90. The smallest absolute Gasteiger partial charge is 0.338 e. The zero-order valence-corrected chi connectivity index (χ0v) is 15.5. The van der Waals surface area contributed by atoms with Crippen molar-refractivity contribution in [2.24, 2.45) is 0 Å². The SMILES string of the molecule is O=C(O[C@H]1CNCCC1c1ccc(F)cc1)c1ccc(-c2ccccc2)cc1. The van der Waals surface area contributed by atoms with Crippen LogP contribution in [0.4, 0.5) is 4.39 Å². The maximum atomic E-state index is 13.2. The molecule has 0 spiro atoms. The molecular weight excluding hydrogens is 353 g/mol. The molecule has 3 aromatic rings. The molecule has 1 fully saturated rings. The van der Waals surface area contributed by atoms with Gasteiger partial charge in [0.2, 0.25) is 0 Å². The Hall–Kier alpha value is -2.98. The summed E-state index contributed by atoms with van der Waals surface area (Å²) < 4.78 is 19.1. The number of ether oxygens (including phenoxy) is 1. The Kier molecular flexibility index (Phi) is 5.49. The average molecular weight is 375 g/mol. The van der Waals surface area contributed by atoms with E-state index in [1.54, 1.807) is 24.3 Å². The molecule has 1 heterocycles. The highest BCUT2D eigenvalue weighted by Crippen LogP contribution is 2.29. The lowest BCUT2D eigenvalue weighted by Gasteiger charge is -2.32. The van der Waals surface area contributed by atoms with Crippen molar-refractivity contribution in [3.63, 3.8) is 0 Å². The largest absolute Gasteiger partial charge is 0.457 e. The number of piperidine rings is 1. The Morgan fingerprint density at radius 3 is 2.29 bits per heavy atom. The number of esters is 1. The third kappa shape index (κ3) is 4.12. The van der Waals surface area contributed by atoms with Gasteiger partial charge >= 0.3 is 5.97 Å². The lowest BCUT2D eigenvalue weighted by molar-refractivity contribution is 0.0182. The number of carbonyl (C=O) groups is 1. The van der Waals surface area contributed by atoms with Gasteiger partial charge in [-0.15, -0.1) is 0 Å². The molecule has 3 nitrogen and oxygen atoms in total. The van der Waals surface area contributed by atoms with Gasteiger partial charge in [0.25, 0.3) is 0 Å². The van der Waals surface area contributed by atoms with Gasteiger partial charge in [0.1, 0.15) is 11.9 Å². The molecule has 0 amide bonds. The molecule has 0 bridgehead atoms. The van der Waals surface area contributed by atoms with Crippen LogP contribution in [0.2, 0.25) is 0 Å². The van der Waals surface area contributed by atoms with E-state index in [2.05, 4.69) is 5.32 Å². The maximum absolute atomic E-state index is 13.2. The molecule has 1 N–H and O–H groups in total. The predicted octanol–water partition coefficient (Wildman–Crippen LogP) is 4.80. The Labute approximate surface area is 164 Å². The topological polar surface area (TPSA) is 38.3 Å². The van der Waals surface area contributed by atoms with E-state index in [1.807, 2.05) is 42.5 Å². The summed E-state index contributed by atoms with van der Waals surface area (Å²) in [4.78, 5) is 12.7. The number of halogens is 1. The van der Waals surface area contributed by atoms with Crippen molar-refractivity contribution in [1.29, 1.82) is 0 Å². The van der Waals surface area contributed by atoms with Crippen molar-refractivity contribution in [3.8, 4) is 11.1 Å². The van der Waals surface area contributed by atoms with Gasteiger partial charge in [-0.25, -0.2) is 9.18 Å². The van der Waals surface area contributed by atoms with Crippen LogP contribution in [0, 0.1) is 5.82 Å². The van der Waals surface area contributed by atoms with Gasteiger partial charge in [0, 0.05) is 12.5 Å². The highest BCUT2D eigenvalue weighted by atomic mass is 19.1. The first-order chi connectivity index (χ1) is 13.7. The van der Waals surface area contributed by atoms with E-state index < -0.39 is 0 Å². The molecule has 1 aliphatic rings. The standard InChI is InChI=1S/C24H22FNO2/c25-21-12-10-19(11-13-21)22-14-15-26-16-23(22)28-24(27)20-8-6-18(7-9-20)17-4-2-1-3-5-17/h1-13,22-23,26H,14-16H2/t22?,23-/m0/s1. The third-order valence-corrected chi connectivity index (χ3v) is 5.21. The van der Waals surface area contributed by atoms with Gasteiger partial charge < -0.3 is 10.1 Å². The molecule has 0 aromatic heterocycles. The number of carbonyl (C=O) groups excluding carboxylic acids is 1. The molecule has 1 aliphatic heterocycles. The van der Waals surface area contributed by atoms with Gasteiger partial charge in [0.15, 0.2) is 0 Å². The normalized spacial score (nSPS) is 19.2. The van der Waals surface area contributed by atoms with Crippen molar-refractivity contribution in [1.82, 2.24) is 5.32 Å². The van der Waals surface area contributed by atoms with E-state index in [0.29, 0.717) is 12.1 Å². The van der Waals surface area contributed by atoms with Gasteiger partial charge in [0.05, 0.1) is 5.56 Å².